The Kier molecular flexibility index (Phi) is 4.90. The number of benzene rings is 1. The summed E-state index contributed by atoms with van der Waals surface area (Å²) >= 11 is 0. The number of rotatable bonds is 6. The summed E-state index contributed by atoms with van der Waals surface area (Å²) in [5.74, 6) is -0.974. The van der Waals surface area contributed by atoms with Gasteiger partial charge in [0.15, 0.2) is 5.82 Å². The lowest BCUT2D eigenvalue weighted by Crippen LogP contribution is -2.32. The van der Waals surface area contributed by atoms with Gasteiger partial charge in [0.05, 0.1) is 29.8 Å². The molecule has 0 saturated carbocycles. The highest BCUT2D eigenvalue weighted by atomic mass is 19.3. The summed E-state index contributed by atoms with van der Waals surface area (Å²) in [7, 11) is 0. The minimum atomic E-state index is -2.70. The normalized spacial score (nSPS) is 10.7. The van der Waals surface area contributed by atoms with Crippen LogP contribution >= 0.6 is 0 Å². The van der Waals surface area contributed by atoms with Crippen LogP contribution in [0.15, 0.2) is 18.2 Å². The first-order valence-corrected chi connectivity index (χ1v) is 5.03. The molecule has 1 aromatic carbocycles. The summed E-state index contributed by atoms with van der Waals surface area (Å²) < 4.78 is 38.1. The second kappa shape index (κ2) is 6.20. The van der Waals surface area contributed by atoms with Crippen LogP contribution in [0, 0.1) is 15.9 Å². The average Bonchev–Trinajstić information content (AvgIpc) is 2.27. The first-order valence-electron chi connectivity index (χ1n) is 5.03. The molecule has 1 N–H and O–H groups in total. The van der Waals surface area contributed by atoms with E-state index in [-0.39, 0.29) is 12.2 Å². The summed E-state index contributed by atoms with van der Waals surface area (Å²) in [6.07, 6.45) is -2.70. The summed E-state index contributed by atoms with van der Waals surface area (Å²) in [5.41, 5.74) is -0.660. The molecule has 18 heavy (non-hydrogen) atoms. The maximum atomic E-state index is 13.6. The Morgan fingerprint density at radius 2 is 2.11 bits per heavy atom. The van der Waals surface area contributed by atoms with Gasteiger partial charge in [-0.15, -0.1) is 0 Å². The number of aliphatic hydroxyl groups is 1. The maximum Gasteiger partial charge on any atom is 0.272 e. The molecule has 0 amide bonds. The fourth-order valence-corrected chi connectivity index (χ4v) is 1.46. The molecule has 0 fully saturated rings. The Labute approximate surface area is 101 Å². The fourth-order valence-electron chi connectivity index (χ4n) is 1.46. The van der Waals surface area contributed by atoms with Crippen molar-refractivity contribution in [3.05, 3.63) is 34.1 Å². The number of nitro benzene ring substituents is 1. The third kappa shape index (κ3) is 3.59. The molecule has 0 bridgehead atoms. The lowest BCUT2D eigenvalue weighted by molar-refractivity contribution is -0.385. The lowest BCUT2D eigenvalue weighted by atomic mass is 10.2. The van der Waals surface area contributed by atoms with Crippen molar-refractivity contribution >= 4 is 11.4 Å². The van der Waals surface area contributed by atoms with Gasteiger partial charge in [-0.2, -0.15) is 0 Å². The second-order valence-corrected chi connectivity index (χ2v) is 3.45. The molecule has 5 nitrogen and oxygen atoms in total. The predicted octanol–water partition coefficient (Wildman–Crippen LogP) is 1.80. The summed E-state index contributed by atoms with van der Waals surface area (Å²) in [4.78, 5) is 10.6. The number of anilines is 1. The van der Waals surface area contributed by atoms with Crippen molar-refractivity contribution < 1.29 is 23.2 Å². The summed E-state index contributed by atoms with van der Waals surface area (Å²) in [6, 6.07) is 2.73. The van der Waals surface area contributed by atoms with Crippen LogP contribution in [0.1, 0.15) is 0 Å². The molecule has 100 valence electrons. The smallest absolute Gasteiger partial charge is 0.272 e. The Balaban J connectivity index is 3.01. The molecule has 0 spiro atoms. The Morgan fingerprint density at radius 3 is 2.56 bits per heavy atom. The molecule has 1 aromatic rings. The van der Waals surface area contributed by atoms with Crippen LogP contribution in [-0.4, -0.2) is 36.2 Å². The summed E-state index contributed by atoms with van der Waals surface area (Å²) in [5, 5.41) is 19.1. The van der Waals surface area contributed by atoms with Crippen LogP contribution in [0.3, 0.4) is 0 Å². The van der Waals surface area contributed by atoms with Crippen LogP contribution in [0.25, 0.3) is 0 Å². The van der Waals surface area contributed by atoms with Crippen LogP contribution in [0.4, 0.5) is 24.5 Å². The number of alkyl halides is 2. The third-order valence-corrected chi connectivity index (χ3v) is 2.21. The SMILES string of the molecule is O=[N+]([O-])c1ccc(N(CCO)CC(F)F)c(F)c1. The predicted molar refractivity (Wildman–Crippen MR) is 58.4 cm³/mol. The molecule has 0 heterocycles. The first kappa shape index (κ1) is 14.2. The van der Waals surface area contributed by atoms with Gasteiger partial charge in [0.1, 0.15) is 0 Å². The van der Waals surface area contributed by atoms with Gasteiger partial charge in [-0.1, -0.05) is 0 Å². The molecule has 0 aromatic heterocycles. The van der Waals surface area contributed by atoms with Gasteiger partial charge in [-0.3, -0.25) is 10.1 Å². The fraction of sp³-hybridized carbons (Fsp3) is 0.400. The monoisotopic (exact) mass is 264 g/mol. The molecule has 0 aliphatic carbocycles. The molecule has 0 unspecified atom stereocenters. The topological polar surface area (TPSA) is 66.6 Å². The van der Waals surface area contributed by atoms with Crippen LogP contribution in [-0.2, 0) is 0 Å². The molecule has 0 aliphatic rings. The number of hydrogen-bond donors (Lipinski definition) is 1. The van der Waals surface area contributed by atoms with Crippen molar-refractivity contribution in [2.75, 3.05) is 24.6 Å². The second-order valence-electron chi connectivity index (χ2n) is 3.45. The number of aliphatic hydroxyl groups excluding tert-OH is 1. The molecule has 0 radical (unpaired) electrons. The van der Waals surface area contributed by atoms with Gasteiger partial charge >= 0.3 is 0 Å². The number of nitrogens with zero attached hydrogens (tertiary/aromatic N) is 2. The Hall–Kier alpha value is -1.83. The molecular weight excluding hydrogens is 253 g/mol. The zero-order chi connectivity index (χ0) is 13.7. The van der Waals surface area contributed by atoms with Crippen molar-refractivity contribution in [3.63, 3.8) is 0 Å². The molecule has 8 heteroatoms. The van der Waals surface area contributed by atoms with E-state index in [4.69, 9.17) is 5.11 Å². The van der Waals surface area contributed by atoms with Crippen molar-refractivity contribution in [2.45, 2.75) is 6.43 Å². The quantitative estimate of drug-likeness (QED) is 0.628. The Morgan fingerprint density at radius 1 is 1.44 bits per heavy atom. The molecule has 0 aliphatic heterocycles. The van der Waals surface area contributed by atoms with E-state index < -0.39 is 36.0 Å². The standard InChI is InChI=1S/C10H11F3N2O3/c11-8-5-7(15(17)18)1-2-9(8)14(3-4-16)6-10(12)13/h1-2,5,10,16H,3-4,6H2. The van der Waals surface area contributed by atoms with Gasteiger partial charge in [0.2, 0.25) is 0 Å². The van der Waals surface area contributed by atoms with Gasteiger partial charge in [-0.05, 0) is 6.07 Å². The van der Waals surface area contributed by atoms with Gasteiger partial charge in [0.25, 0.3) is 12.1 Å². The van der Waals surface area contributed by atoms with Gasteiger partial charge < -0.3 is 10.0 Å². The number of nitro groups is 1. The number of halogens is 3. The zero-order valence-corrected chi connectivity index (χ0v) is 9.22. The van der Waals surface area contributed by atoms with Gasteiger partial charge in [-0.25, -0.2) is 13.2 Å². The zero-order valence-electron chi connectivity index (χ0n) is 9.22. The van der Waals surface area contributed by atoms with E-state index in [0.29, 0.717) is 6.07 Å². The van der Waals surface area contributed by atoms with Crippen molar-refractivity contribution in [2.24, 2.45) is 0 Å². The molecule has 0 atom stereocenters. The minimum absolute atomic E-state index is 0.181. The van der Waals surface area contributed by atoms with Gasteiger partial charge in [0, 0.05) is 12.6 Å². The van der Waals surface area contributed by atoms with Crippen LogP contribution in [0.2, 0.25) is 0 Å². The highest BCUT2D eigenvalue weighted by Crippen LogP contribution is 2.24. The van der Waals surface area contributed by atoms with Crippen LogP contribution in [0.5, 0.6) is 0 Å². The third-order valence-electron chi connectivity index (χ3n) is 2.21. The van der Waals surface area contributed by atoms with E-state index in [1.807, 2.05) is 0 Å². The number of non-ortho nitro benzene ring substituents is 1. The van der Waals surface area contributed by atoms with E-state index in [1.54, 1.807) is 0 Å². The number of hydrogen-bond acceptors (Lipinski definition) is 4. The van der Waals surface area contributed by atoms with E-state index in [1.165, 1.54) is 0 Å². The van der Waals surface area contributed by atoms with E-state index in [9.17, 15) is 23.3 Å². The summed E-state index contributed by atoms with van der Waals surface area (Å²) in [6.45, 7) is -1.36. The highest BCUT2D eigenvalue weighted by Gasteiger charge is 2.18. The highest BCUT2D eigenvalue weighted by molar-refractivity contribution is 5.52. The van der Waals surface area contributed by atoms with Crippen molar-refractivity contribution in [3.8, 4) is 0 Å². The van der Waals surface area contributed by atoms with E-state index >= 15 is 0 Å². The van der Waals surface area contributed by atoms with E-state index in [2.05, 4.69) is 0 Å². The maximum absolute atomic E-state index is 13.6. The van der Waals surface area contributed by atoms with Crippen LogP contribution < -0.4 is 4.90 Å². The molecule has 0 saturated heterocycles. The van der Waals surface area contributed by atoms with E-state index in [0.717, 1.165) is 17.0 Å². The lowest BCUT2D eigenvalue weighted by Gasteiger charge is -2.23. The van der Waals surface area contributed by atoms with Crippen molar-refractivity contribution in [1.82, 2.24) is 0 Å². The largest absolute Gasteiger partial charge is 0.395 e. The first-order chi connectivity index (χ1) is 8.45. The van der Waals surface area contributed by atoms with Crippen molar-refractivity contribution in [1.29, 1.82) is 0 Å². The average molecular weight is 264 g/mol. The Bertz CT molecular complexity index is 429. The molecular formula is C10H11F3N2O3. The minimum Gasteiger partial charge on any atom is -0.395 e. The molecule has 1 rings (SSSR count).